The van der Waals surface area contributed by atoms with Crippen LogP contribution in [0.15, 0.2) is 24.3 Å². The zero-order valence-corrected chi connectivity index (χ0v) is 14.1. The van der Waals surface area contributed by atoms with E-state index in [9.17, 15) is 13.6 Å². The molecule has 6 heteroatoms. The fourth-order valence-corrected chi connectivity index (χ4v) is 2.91. The number of ether oxygens (including phenoxy) is 1. The summed E-state index contributed by atoms with van der Waals surface area (Å²) in [5, 5.41) is 0. The molecule has 0 bridgehead atoms. The monoisotopic (exact) mass is 373 g/mol. The zero-order valence-electron chi connectivity index (χ0n) is 12.5. The molecule has 0 radical (unpaired) electrons. The number of rotatable bonds is 5. The lowest BCUT2D eigenvalue weighted by molar-refractivity contribution is -0.129. The van der Waals surface area contributed by atoms with Gasteiger partial charge in [0, 0.05) is 11.3 Å². The van der Waals surface area contributed by atoms with Crippen LogP contribution < -0.4 is 4.74 Å². The maximum Gasteiger partial charge on any atom is 0.256 e. The highest BCUT2D eigenvalue weighted by molar-refractivity contribution is 9.10. The van der Waals surface area contributed by atoms with Gasteiger partial charge in [-0.05, 0) is 44.0 Å². The summed E-state index contributed by atoms with van der Waals surface area (Å²) in [6, 6.07) is 5.45. The molecule has 2 rings (SSSR count). The minimum atomic E-state index is -2.58. The van der Waals surface area contributed by atoms with E-state index in [1.165, 1.54) is 0 Å². The third-order valence-electron chi connectivity index (χ3n) is 3.45. The molecule has 0 aromatic heterocycles. The second-order valence-corrected chi connectivity index (χ2v) is 6.15. The van der Waals surface area contributed by atoms with E-state index in [1.807, 2.05) is 32.1 Å². The molecule has 120 valence electrons. The molecule has 1 unspecified atom stereocenters. The highest BCUT2D eigenvalue weighted by Crippen LogP contribution is 2.32. The minimum Gasteiger partial charge on any atom is -0.494 e. The fraction of sp³-hybridized carbons (Fsp3) is 0.438. The van der Waals surface area contributed by atoms with Gasteiger partial charge in [-0.2, -0.15) is 0 Å². The zero-order chi connectivity index (χ0) is 16.3. The summed E-state index contributed by atoms with van der Waals surface area (Å²) in [7, 11) is 0. The van der Waals surface area contributed by atoms with Crippen molar-refractivity contribution in [2.24, 2.45) is 0 Å². The molecule has 0 spiro atoms. The Hall–Kier alpha value is -1.43. The largest absolute Gasteiger partial charge is 0.494 e. The van der Waals surface area contributed by atoms with Gasteiger partial charge in [0.2, 0.25) is 5.91 Å². The number of carbonyl (C=O) groups is 1. The van der Waals surface area contributed by atoms with E-state index in [0.29, 0.717) is 18.7 Å². The topological polar surface area (TPSA) is 29.5 Å². The van der Waals surface area contributed by atoms with Crippen LogP contribution in [0.3, 0.4) is 0 Å². The van der Waals surface area contributed by atoms with E-state index < -0.39 is 17.8 Å². The fourth-order valence-electron chi connectivity index (χ4n) is 2.48. The lowest BCUT2D eigenvalue weighted by Crippen LogP contribution is -2.41. The van der Waals surface area contributed by atoms with Gasteiger partial charge in [-0.1, -0.05) is 22.0 Å². The number of hydrogen-bond donors (Lipinski definition) is 0. The van der Waals surface area contributed by atoms with Crippen LogP contribution in [0.4, 0.5) is 8.78 Å². The number of alkyl halides is 3. The Kier molecular flexibility index (Phi) is 5.56. The lowest BCUT2D eigenvalue weighted by atomic mass is 10.00. The summed E-state index contributed by atoms with van der Waals surface area (Å²) in [4.78, 5) is 12.9. The van der Waals surface area contributed by atoms with Gasteiger partial charge in [0.25, 0.3) is 6.43 Å². The summed E-state index contributed by atoms with van der Waals surface area (Å²) in [5.41, 5.74) is 2.20. The second-order valence-electron chi connectivity index (χ2n) is 5.04. The highest BCUT2D eigenvalue weighted by atomic mass is 79.9. The average Bonchev–Trinajstić information content (AvgIpc) is 2.45. The molecule has 0 aliphatic carbocycles. The molecule has 0 saturated carbocycles. The quantitative estimate of drug-likeness (QED) is 0.730. The van der Waals surface area contributed by atoms with Crippen molar-refractivity contribution in [1.82, 2.24) is 4.90 Å². The Morgan fingerprint density at radius 1 is 1.45 bits per heavy atom. The normalized spacial score (nSPS) is 18.6. The summed E-state index contributed by atoms with van der Waals surface area (Å²) in [5.74, 6) is 0.399. The summed E-state index contributed by atoms with van der Waals surface area (Å²) >= 11 is 3.23. The predicted molar refractivity (Wildman–Crippen MR) is 85.4 cm³/mol. The van der Waals surface area contributed by atoms with E-state index in [0.717, 1.165) is 21.8 Å². The van der Waals surface area contributed by atoms with Gasteiger partial charge in [-0.25, -0.2) is 8.78 Å². The molecule has 1 aromatic rings. The Morgan fingerprint density at radius 2 is 2.18 bits per heavy atom. The number of allylic oxidation sites excluding steroid dienone is 1. The number of carbonyl (C=O) groups excluding carboxylic acids is 1. The van der Waals surface area contributed by atoms with Gasteiger partial charge in [-0.3, -0.25) is 4.79 Å². The van der Waals surface area contributed by atoms with Crippen LogP contribution in [-0.4, -0.2) is 35.2 Å². The molecule has 1 amide bonds. The first-order chi connectivity index (χ1) is 10.4. The van der Waals surface area contributed by atoms with E-state index in [4.69, 9.17) is 4.74 Å². The van der Waals surface area contributed by atoms with E-state index in [-0.39, 0.29) is 5.91 Å². The summed E-state index contributed by atoms with van der Waals surface area (Å²) < 4.78 is 31.1. The van der Waals surface area contributed by atoms with Crippen molar-refractivity contribution >= 4 is 27.5 Å². The van der Waals surface area contributed by atoms with Crippen LogP contribution in [0.1, 0.15) is 24.5 Å². The Labute approximate surface area is 137 Å². The highest BCUT2D eigenvalue weighted by Gasteiger charge is 2.31. The van der Waals surface area contributed by atoms with Crippen molar-refractivity contribution < 1.29 is 18.3 Å². The van der Waals surface area contributed by atoms with Crippen LogP contribution in [-0.2, 0) is 4.79 Å². The number of hydrogen-bond acceptors (Lipinski definition) is 2. The first kappa shape index (κ1) is 16.9. The van der Waals surface area contributed by atoms with Crippen molar-refractivity contribution in [2.45, 2.75) is 31.5 Å². The lowest BCUT2D eigenvalue weighted by Gasteiger charge is -2.32. The van der Waals surface area contributed by atoms with Gasteiger partial charge in [0.15, 0.2) is 0 Å². The third-order valence-corrected chi connectivity index (χ3v) is 4.21. The van der Waals surface area contributed by atoms with E-state index >= 15 is 0 Å². The predicted octanol–water partition coefficient (Wildman–Crippen LogP) is 4.00. The first-order valence-electron chi connectivity index (χ1n) is 7.11. The number of halogens is 3. The number of aryl methyl sites for hydroxylation is 1. The maximum atomic E-state index is 12.8. The van der Waals surface area contributed by atoms with Crippen molar-refractivity contribution in [3.8, 4) is 5.75 Å². The van der Waals surface area contributed by atoms with Crippen molar-refractivity contribution in [2.75, 3.05) is 13.2 Å². The average molecular weight is 374 g/mol. The molecule has 1 atom stereocenters. The Bertz CT molecular complexity index is 590. The van der Waals surface area contributed by atoms with Crippen molar-refractivity contribution in [1.29, 1.82) is 0 Å². The van der Waals surface area contributed by atoms with Crippen molar-refractivity contribution in [3.05, 3.63) is 35.4 Å². The molecule has 0 N–H and O–H groups in total. The number of amides is 1. The van der Waals surface area contributed by atoms with Gasteiger partial charge < -0.3 is 9.64 Å². The Balaban J connectivity index is 2.37. The first-order valence-corrected chi connectivity index (χ1v) is 8.03. The molecule has 22 heavy (non-hydrogen) atoms. The van der Waals surface area contributed by atoms with Crippen LogP contribution in [0.2, 0.25) is 0 Å². The summed E-state index contributed by atoms with van der Waals surface area (Å²) in [6.07, 6.45) is -0.264. The minimum absolute atomic E-state index is 0.328. The molecule has 1 aliphatic heterocycles. The molecule has 0 saturated heterocycles. The molecular formula is C16H18BrF2NO2. The smallest absolute Gasteiger partial charge is 0.256 e. The molecule has 1 heterocycles. The number of nitrogens with zero attached hydrogens (tertiary/aromatic N) is 1. The van der Waals surface area contributed by atoms with Crippen LogP contribution >= 0.6 is 15.9 Å². The van der Waals surface area contributed by atoms with Gasteiger partial charge in [0.05, 0.1) is 18.0 Å². The van der Waals surface area contributed by atoms with Crippen LogP contribution in [0, 0.1) is 6.92 Å². The maximum absolute atomic E-state index is 12.8. The van der Waals surface area contributed by atoms with Gasteiger partial charge in [-0.15, -0.1) is 0 Å². The van der Waals surface area contributed by atoms with Crippen LogP contribution in [0.5, 0.6) is 5.75 Å². The second kappa shape index (κ2) is 7.22. The SMILES string of the molecule is CCOc1ccc(C2=CCC(Br)C(=O)N2CC(F)F)c(C)c1. The van der Waals surface area contributed by atoms with Gasteiger partial charge in [0.1, 0.15) is 5.75 Å². The van der Waals surface area contributed by atoms with Gasteiger partial charge >= 0.3 is 0 Å². The Morgan fingerprint density at radius 3 is 2.77 bits per heavy atom. The standard InChI is InChI=1S/C16H18BrF2NO2/c1-3-22-11-4-5-12(10(2)8-11)14-7-6-13(17)16(21)20(14)9-15(18)19/h4-5,7-8,13,15H,3,6,9H2,1-2H3. The van der Waals surface area contributed by atoms with Crippen molar-refractivity contribution in [3.63, 3.8) is 0 Å². The molecule has 3 nitrogen and oxygen atoms in total. The molecule has 1 aromatic carbocycles. The van der Waals surface area contributed by atoms with E-state index in [1.54, 1.807) is 6.07 Å². The third kappa shape index (κ3) is 3.66. The van der Waals surface area contributed by atoms with E-state index in [2.05, 4.69) is 15.9 Å². The summed E-state index contributed by atoms with van der Waals surface area (Å²) in [6.45, 7) is 3.73. The molecular weight excluding hydrogens is 356 g/mol. The van der Waals surface area contributed by atoms with Crippen LogP contribution in [0.25, 0.3) is 5.70 Å². The number of benzene rings is 1. The molecule has 1 aliphatic rings. The molecule has 0 fully saturated rings.